The first-order valence-electron chi connectivity index (χ1n) is 12.3. The lowest BCUT2D eigenvalue weighted by Crippen LogP contribution is -2.49. The zero-order valence-electron chi connectivity index (χ0n) is 22.2. The molecule has 2 rings (SSSR count). The Kier molecular flexibility index (Phi) is 10.8. The summed E-state index contributed by atoms with van der Waals surface area (Å²) in [5.41, 5.74) is 3.38. The van der Waals surface area contributed by atoms with Gasteiger partial charge in [-0.3, -0.25) is 13.9 Å². The van der Waals surface area contributed by atoms with Crippen LogP contribution in [0.1, 0.15) is 49.8 Å². The highest BCUT2D eigenvalue weighted by Crippen LogP contribution is 2.25. The van der Waals surface area contributed by atoms with Gasteiger partial charge in [0.2, 0.25) is 21.8 Å². The Morgan fingerprint density at radius 3 is 2.28 bits per heavy atom. The summed E-state index contributed by atoms with van der Waals surface area (Å²) in [5, 5.41) is 2.82. The molecule has 1 atom stereocenters. The standard InChI is InChI=1S/C27H39N3O5S/c1-7-24(27(32)28-8-2)29(19-22-14-16-23(35-5)17-15-22)26(31)13-10-18-30(36(6,33)34)25-12-9-11-20(3)21(25)4/h9,11-12,14-17,24H,7-8,10,13,18-19H2,1-6H3,(H,28,32). The van der Waals surface area contributed by atoms with Crippen LogP contribution in [0.4, 0.5) is 5.69 Å². The van der Waals surface area contributed by atoms with Crippen molar-refractivity contribution in [1.82, 2.24) is 10.2 Å². The first-order valence-corrected chi connectivity index (χ1v) is 14.1. The van der Waals surface area contributed by atoms with Crippen LogP contribution in [-0.4, -0.2) is 57.6 Å². The van der Waals surface area contributed by atoms with E-state index < -0.39 is 16.1 Å². The van der Waals surface area contributed by atoms with Gasteiger partial charge in [-0.1, -0.05) is 31.2 Å². The summed E-state index contributed by atoms with van der Waals surface area (Å²) in [7, 11) is -1.95. The highest BCUT2D eigenvalue weighted by molar-refractivity contribution is 7.92. The van der Waals surface area contributed by atoms with Crippen LogP contribution in [0.3, 0.4) is 0 Å². The van der Waals surface area contributed by atoms with Crippen molar-refractivity contribution < 1.29 is 22.7 Å². The second-order valence-electron chi connectivity index (χ2n) is 8.85. The molecule has 0 saturated heterocycles. The van der Waals surface area contributed by atoms with Crippen LogP contribution in [0.25, 0.3) is 0 Å². The van der Waals surface area contributed by atoms with E-state index in [-0.39, 0.29) is 31.3 Å². The zero-order valence-corrected chi connectivity index (χ0v) is 23.0. The number of likely N-dealkylation sites (N-methyl/N-ethyl adjacent to an activating group) is 1. The molecule has 9 heteroatoms. The maximum absolute atomic E-state index is 13.4. The number of ether oxygens (including phenoxy) is 1. The molecule has 0 spiro atoms. The van der Waals surface area contributed by atoms with Crippen LogP contribution >= 0.6 is 0 Å². The van der Waals surface area contributed by atoms with Gasteiger partial charge in [0.1, 0.15) is 11.8 Å². The number of anilines is 1. The van der Waals surface area contributed by atoms with Gasteiger partial charge in [0.05, 0.1) is 19.1 Å². The molecule has 0 aromatic heterocycles. The lowest BCUT2D eigenvalue weighted by Gasteiger charge is -2.31. The summed E-state index contributed by atoms with van der Waals surface area (Å²) in [6, 6.07) is 12.3. The fourth-order valence-electron chi connectivity index (χ4n) is 4.13. The normalized spacial score (nSPS) is 12.1. The second kappa shape index (κ2) is 13.3. The number of carbonyl (C=O) groups excluding carboxylic acids is 2. The Morgan fingerprint density at radius 1 is 1.06 bits per heavy atom. The van der Waals surface area contributed by atoms with E-state index in [0.29, 0.717) is 30.8 Å². The summed E-state index contributed by atoms with van der Waals surface area (Å²) in [5.74, 6) is 0.313. The van der Waals surface area contributed by atoms with Gasteiger partial charge in [-0.2, -0.15) is 0 Å². The number of nitrogens with zero attached hydrogens (tertiary/aromatic N) is 2. The number of carbonyl (C=O) groups is 2. The molecule has 0 aliphatic heterocycles. The average molecular weight is 518 g/mol. The van der Waals surface area contributed by atoms with Gasteiger partial charge in [-0.05, 0) is 68.5 Å². The van der Waals surface area contributed by atoms with Crippen LogP contribution in [-0.2, 0) is 26.2 Å². The molecular weight excluding hydrogens is 478 g/mol. The summed E-state index contributed by atoms with van der Waals surface area (Å²) < 4.78 is 31.7. The van der Waals surface area contributed by atoms with Gasteiger partial charge in [0.15, 0.2) is 0 Å². The van der Waals surface area contributed by atoms with E-state index in [2.05, 4.69) is 5.32 Å². The van der Waals surface area contributed by atoms with E-state index in [1.54, 1.807) is 18.1 Å². The van der Waals surface area contributed by atoms with Crippen molar-refractivity contribution >= 4 is 27.5 Å². The topological polar surface area (TPSA) is 96.0 Å². The minimum atomic E-state index is -3.54. The van der Waals surface area contributed by atoms with Crippen molar-refractivity contribution in [2.24, 2.45) is 0 Å². The SMILES string of the molecule is CCNC(=O)C(CC)N(Cc1ccc(OC)cc1)C(=O)CCCN(c1cccc(C)c1C)S(C)(=O)=O. The van der Waals surface area contributed by atoms with Crippen LogP contribution in [0.5, 0.6) is 5.75 Å². The quantitative estimate of drug-likeness (QED) is 0.436. The third-order valence-electron chi connectivity index (χ3n) is 6.25. The Morgan fingerprint density at radius 2 is 1.72 bits per heavy atom. The fraction of sp³-hybridized carbons (Fsp3) is 0.481. The van der Waals surface area contributed by atoms with E-state index in [4.69, 9.17) is 4.74 Å². The minimum Gasteiger partial charge on any atom is -0.497 e. The van der Waals surface area contributed by atoms with Crippen LogP contribution in [0, 0.1) is 13.8 Å². The van der Waals surface area contributed by atoms with Gasteiger partial charge in [-0.25, -0.2) is 8.42 Å². The molecule has 0 aliphatic carbocycles. The Balaban J connectivity index is 2.23. The van der Waals surface area contributed by atoms with E-state index in [1.165, 1.54) is 10.6 Å². The summed E-state index contributed by atoms with van der Waals surface area (Å²) >= 11 is 0. The van der Waals surface area contributed by atoms with Crippen LogP contribution in [0.2, 0.25) is 0 Å². The fourth-order valence-corrected chi connectivity index (χ4v) is 5.14. The highest BCUT2D eigenvalue weighted by atomic mass is 32.2. The minimum absolute atomic E-state index is 0.114. The molecule has 1 N–H and O–H groups in total. The molecule has 2 aromatic rings. The zero-order chi connectivity index (χ0) is 26.9. The highest BCUT2D eigenvalue weighted by Gasteiger charge is 2.28. The third-order valence-corrected chi connectivity index (χ3v) is 7.43. The smallest absolute Gasteiger partial charge is 0.242 e. The molecule has 1 unspecified atom stereocenters. The summed E-state index contributed by atoms with van der Waals surface area (Å²) in [6.45, 7) is 8.45. The van der Waals surface area contributed by atoms with Gasteiger partial charge >= 0.3 is 0 Å². The second-order valence-corrected chi connectivity index (χ2v) is 10.8. The summed E-state index contributed by atoms with van der Waals surface area (Å²) in [4.78, 5) is 27.8. The number of aryl methyl sites for hydroxylation is 1. The van der Waals surface area contributed by atoms with Crippen molar-refractivity contribution in [3.8, 4) is 5.75 Å². The number of methoxy groups -OCH3 is 1. The number of amides is 2. The molecule has 8 nitrogen and oxygen atoms in total. The van der Waals surface area contributed by atoms with Gasteiger partial charge in [0.25, 0.3) is 0 Å². The molecule has 2 aromatic carbocycles. The maximum atomic E-state index is 13.4. The first kappa shape index (κ1) is 29.2. The molecule has 36 heavy (non-hydrogen) atoms. The summed E-state index contributed by atoms with van der Waals surface area (Å²) in [6.07, 6.45) is 2.08. The number of sulfonamides is 1. The first-order chi connectivity index (χ1) is 17.0. The molecule has 0 radical (unpaired) electrons. The van der Waals surface area contributed by atoms with Crippen molar-refractivity contribution in [2.75, 3.05) is 30.8 Å². The van der Waals surface area contributed by atoms with Gasteiger partial charge < -0.3 is 15.0 Å². The van der Waals surface area contributed by atoms with Crippen molar-refractivity contribution in [1.29, 1.82) is 0 Å². The predicted molar refractivity (Wildman–Crippen MR) is 144 cm³/mol. The number of hydrogen-bond donors (Lipinski definition) is 1. The third kappa shape index (κ3) is 7.71. The van der Waals surface area contributed by atoms with Crippen molar-refractivity contribution in [2.45, 2.75) is 59.5 Å². The molecule has 2 amide bonds. The average Bonchev–Trinajstić information content (AvgIpc) is 2.83. The Labute approximate surface area is 215 Å². The maximum Gasteiger partial charge on any atom is 0.242 e. The number of nitrogens with one attached hydrogen (secondary N) is 1. The largest absolute Gasteiger partial charge is 0.497 e. The Hall–Kier alpha value is -3.07. The molecular formula is C27H39N3O5S. The molecule has 0 heterocycles. The van der Waals surface area contributed by atoms with Crippen molar-refractivity contribution in [3.63, 3.8) is 0 Å². The number of rotatable bonds is 13. The van der Waals surface area contributed by atoms with Gasteiger partial charge in [0, 0.05) is 26.1 Å². The molecule has 198 valence electrons. The van der Waals surface area contributed by atoms with Gasteiger partial charge in [-0.15, -0.1) is 0 Å². The number of hydrogen-bond acceptors (Lipinski definition) is 5. The molecule has 0 fully saturated rings. The molecule has 0 aliphatic rings. The lowest BCUT2D eigenvalue weighted by molar-refractivity contribution is -0.141. The van der Waals surface area contributed by atoms with Crippen LogP contribution in [0.15, 0.2) is 42.5 Å². The Bertz CT molecular complexity index is 1130. The lowest BCUT2D eigenvalue weighted by atomic mass is 10.1. The molecule has 0 saturated carbocycles. The van der Waals surface area contributed by atoms with E-state index in [9.17, 15) is 18.0 Å². The molecule has 0 bridgehead atoms. The van der Waals surface area contributed by atoms with E-state index in [1.807, 2.05) is 64.1 Å². The van der Waals surface area contributed by atoms with Crippen LogP contribution < -0.4 is 14.4 Å². The number of benzene rings is 2. The van der Waals surface area contributed by atoms with E-state index >= 15 is 0 Å². The predicted octanol–water partition coefficient (Wildman–Crippen LogP) is 3.80. The monoisotopic (exact) mass is 517 g/mol. The van der Waals surface area contributed by atoms with E-state index in [0.717, 1.165) is 16.7 Å². The van der Waals surface area contributed by atoms with Crippen molar-refractivity contribution in [3.05, 3.63) is 59.2 Å².